The van der Waals surface area contributed by atoms with E-state index in [-0.39, 0.29) is 24.0 Å². The van der Waals surface area contributed by atoms with Crippen molar-refractivity contribution in [3.63, 3.8) is 0 Å². The van der Waals surface area contributed by atoms with Crippen molar-refractivity contribution in [3.05, 3.63) is 29.8 Å². The molecule has 2 rings (SSSR count). The molecule has 1 heterocycles. The summed E-state index contributed by atoms with van der Waals surface area (Å²) in [7, 11) is 5.71. The molecular weight excluding hydrogens is 441 g/mol. The Morgan fingerprint density at radius 2 is 1.88 bits per heavy atom. The smallest absolute Gasteiger partial charge is 0.191 e. The Morgan fingerprint density at radius 3 is 2.58 bits per heavy atom. The summed E-state index contributed by atoms with van der Waals surface area (Å²) >= 11 is 0. The quantitative estimate of drug-likeness (QED) is 0.274. The number of methoxy groups -OCH3 is 1. The summed E-state index contributed by atoms with van der Waals surface area (Å²) < 4.78 is 5.18. The van der Waals surface area contributed by atoms with E-state index in [4.69, 9.17) is 4.74 Å². The first-order chi connectivity index (χ1) is 12.2. The first-order valence-corrected chi connectivity index (χ1v) is 9.19. The van der Waals surface area contributed by atoms with Crippen LogP contribution >= 0.6 is 24.0 Å². The zero-order valence-electron chi connectivity index (χ0n) is 16.3. The van der Waals surface area contributed by atoms with Gasteiger partial charge in [0.05, 0.1) is 7.11 Å². The molecule has 6 nitrogen and oxygen atoms in total. The topological polar surface area (TPSA) is 52.1 Å². The van der Waals surface area contributed by atoms with Crippen molar-refractivity contribution >= 4 is 29.9 Å². The summed E-state index contributed by atoms with van der Waals surface area (Å²) in [5.41, 5.74) is 1.21. The first-order valence-electron chi connectivity index (χ1n) is 9.19. The zero-order valence-corrected chi connectivity index (χ0v) is 18.7. The van der Waals surface area contributed by atoms with Gasteiger partial charge in [0, 0.05) is 33.2 Å². The van der Waals surface area contributed by atoms with Crippen molar-refractivity contribution in [3.8, 4) is 5.75 Å². The number of likely N-dealkylation sites (N-methyl/N-ethyl adjacent to an activating group) is 1. The molecule has 0 radical (unpaired) electrons. The minimum atomic E-state index is 0. The molecule has 1 aliphatic heterocycles. The number of nitrogens with one attached hydrogen (secondary N) is 2. The number of rotatable bonds is 7. The summed E-state index contributed by atoms with van der Waals surface area (Å²) in [6.45, 7) is 7.64. The number of benzene rings is 1. The lowest BCUT2D eigenvalue weighted by molar-refractivity contribution is 0.274. The molecule has 1 fully saturated rings. The lowest BCUT2D eigenvalue weighted by atomic mass is 10.2. The molecule has 1 aliphatic rings. The molecule has 1 aromatic carbocycles. The Kier molecular flexibility index (Phi) is 11.6. The molecule has 148 valence electrons. The Balaban J connectivity index is 0.00000338. The molecule has 0 aromatic heterocycles. The predicted octanol–water partition coefficient (Wildman–Crippen LogP) is 2.01. The fraction of sp³-hybridized carbons (Fsp3) is 0.632. The highest BCUT2D eigenvalue weighted by Crippen LogP contribution is 2.10. The number of halogens is 1. The Morgan fingerprint density at radius 1 is 1.12 bits per heavy atom. The maximum absolute atomic E-state index is 5.18. The maximum Gasteiger partial charge on any atom is 0.191 e. The van der Waals surface area contributed by atoms with Gasteiger partial charge < -0.3 is 25.2 Å². The number of nitrogens with zero attached hydrogens (tertiary/aromatic N) is 3. The van der Waals surface area contributed by atoms with Crippen molar-refractivity contribution in [2.24, 2.45) is 4.99 Å². The van der Waals surface area contributed by atoms with Crippen LogP contribution in [-0.4, -0.2) is 76.2 Å². The van der Waals surface area contributed by atoms with E-state index in [0.29, 0.717) is 0 Å². The number of aliphatic imine (C=N–C) groups is 1. The minimum absolute atomic E-state index is 0. The molecule has 0 spiro atoms. The molecule has 0 aliphatic carbocycles. The van der Waals surface area contributed by atoms with E-state index in [1.165, 1.54) is 38.2 Å². The Hall–Kier alpha value is -1.06. The fourth-order valence-electron chi connectivity index (χ4n) is 2.98. The van der Waals surface area contributed by atoms with Crippen LogP contribution in [0.2, 0.25) is 0 Å². The van der Waals surface area contributed by atoms with E-state index in [1.807, 2.05) is 19.2 Å². The summed E-state index contributed by atoms with van der Waals surface area (Å²) in [5.74, 6) is 1.73. The lowest BCUT2D eigenvalue weighted by Crippen LogP contribution is -2.38. The van der Waals surface area contributed by atoms with Gasteiger partial charge in [-0.1, -0.05) is 12.1 Å². The molecule has 0 saturated carbocycles. The van der Waals surface area contributed by atoms with Crippen molar-refractivity contribution in [2.75, 3.05) is 60.5 Å². The third-order valence-corrected chi connectivity index (χ3v) is 4.60. The van der Waals surface area contributed by atoms with Gasteiger partial charge in [0.2, 0.25) is 0 Å². The van der Waals surface area contributed by atoms with Gasteiger partial charge in [-0.3, -0.25) is 4.99 Å². The third-order valence-electron chi connectivity index (χ3n) is 4.60. The van der Waals surface area contributed by atoms with Crippen LogP contribution < -0.4 is 15.4 Å². The van der Waals surface area contributed by atoms with Crippen LogP contribution in [0.25, 0.3) is 0 Å². The maximum atomic E-state index is 5.18. The molecule has 2 N–H and O–H groups in total. The van der Waals surface area contributed by atoms with Gasteiger partial charge in [-0.05, 0) is 57.2 Å². The van der Waals surface area contributed by atoms with Crippen LogP contribution in [0.3, 0.4) is 0 Å². The van der Waals surface area contributed by atoms with Crippen LogP contribution in [0.5, 0.6) is 5.75 Å². The largest absolute Gasteiger partial charge is 0.497 e. The van der Waals surface area contributed by atoms with E-state index in [0.717, 1.165) is 37.8 Å². The molecule has 1 aromatic rings. The van der Waals surface area contributed by atoms with Gasteiger partial charge in [-0.25, -0.2) is 0 Å². The molecular formula is C19H34IN5O. The van der Waals surface area contributed by atoms with E-state index < -0.39 is 0 Å². The number of hydrogen-bond acceptors (Lipinski definition) is 4. The van der Waals surface area contributed by atoms with Crippen LogP contribution in [0.1, 0.15) is 18.4 Å². The van der Waals surface area contributed by atoms with E-state index in [2.05, 4.69) is 44.6 Å². The highest BCUT2D eigenvalue weighted by Gasteiger charge is 2.11. The number of guanidine groups is 1. The number of hydrogen-bond donors (Lipinski definition) is 2. The van der Waals surface area contributed by atoms with E-state index >= 15 is 0 Å². The van der Waals surface area contributed by atoms with Gasteiger partial charge in [-0.15, -0.1) is 24.0 Å². The highest BCUT2D eigenvalue weighted by molar-refractivity contribution is 14.0. The normalized spacial score (nSPS) is 16.5. The molecule has 0 atom stereocenters. The Bertz CT molecular complexity index is 523. The molecule has 26 heavy (non-hydrogen) atoms. The molecule has 1 saturated heterocycles. The average molecular weight is 475 g/mol. The van der Waals surface area contributed by atoms with Gasteiger partial charge >= 0.3 is 0 Å². The van der Waals surface area contributed by atoms with Gasteiger partial charge in [0.1, 0.15) is 5.75 Å². The first kappa shape index (κ1) is 23.0. The Labute approximate surface area is 175 Å². The zero-order chi connectivity index (χ0) is 17.9. The van der Waals surface area contributed by atoms with Gasteiger partial charge in [0.25, 0.3) is 0 Å². The van der Waals surface area contributed by atoms with Crippen LogP contribution in [0, 0.1) is 0 Å². The molecule has 7 heteroatoms. The van der Waals surface area contributed by atoms with Crippen LogP contribution in [0.4, 0.5) is 0 Å². The predicted molar refractivity (Wildman–Crippen MR) is 120 cm³/mol. The summed E-state index contributed by atoms with van der Waals surface area (Å²) in [6, 6.07) is 8.09. The van der Waals surface area contributed by atoms with E-state index in [1.54, 1.807) is 7.11 Å². The molecule has 0 unspecified atom stereocenters. The summed E-state index contributed by atoms with van der Waals surface area (Å²) in [6.07, 6.45) is 2.40. The number of ether oxygens (including phenoxy) is 1. The van der Waals surface area contributed by atoms with Crippen molar-refractivity contribution in [1.82, 2.24) is 20.4 Å². The molecule has 0 bridgehead atoms. The van der Waals surface area contributed by atoms with Gasteiger partial charge in [0.15, 0.2) is 5.96 Å². The average Bonchev–Trinajstić information content (AvgIpc) is 2.86. The minimum Gasteiger partial charge on any atom is -0.497 e. The SMILES string of the molecule is CN=C(NCCCN1CCCN(C)CC1)NCc1ccc(OC)cc1.I. The fourth-order valence-corrected chi connectivity index (χ4v) is 2.98. The summed E-state index contributed by atoms with van der Waals surface area (Å²) in [4.78, 5) is 9.28. The van der Waals surface area contributed by atoms with Gasteiger partial charge in [-0.2, -0.15) is 0 Å². The second-order valence-corrected chi connectivity index (χ2v) is 6.55. The standard InChI is InChI=1S/C19H33N5O.HI/c1-20-19(22-16-17-6-8-18(25-3)9-7-17)21-10-4-12-24-13-5-11-23(2)14-15-24;/h6-9H,4-5,10-16H2,1-3H3,(H2,20,21,22);1H. The van der Waals surface area contributed by atoms with Crippen LogP contribution in [0.15, 0.2) is 29.3 Å². The second kappa shape index (κ2) is 13.2. The monoisotopic (exact) mass is 475 g/mol. The van der Waals surface area contributed by atoms with Crippen molar-refractivity contribution < 1.29 is 4.74 Å². The van der Waals surface area contributed by atoms with Crippen molar-refractivity contribution in [2.45, 2.75) is 19.4 Å². The van der Waals surface area contributed by atoms with Crippen LogP contribution in [-0.2, 0) is 6.54 Å². The molecule has 0 amide bonds. The third kappa shape index (κ3) is 8.55. The summed E-state index contributed by atoms with van der Waals surface area (Å²) in [5, 5.41) is 6.76. The van der Waals surface area contributed by atoms with E-state index in [9.17, 15) is 0 Å². The second-order valence-electron chi connectivity index (χ2n) is 6.55. The highest BCUT2D eigenvalue weighted by atomic mass is 127. The lowest BCUT2D eigenvalue weighted by Gasteiger charge is -2.20. The van der Waals surface area contributed by atoms with Crippen molar-refractivity contribution in [1.29, 1.82) is 0 Å².